The number of amides is 1. The Hall–Kier alpha value is -1.58. The van der Waals surface area contributed by atoms with Crippen LogP contribution in [0.1, 0.15) is 27.2 Å². The Bertz CT molecular complexity index is 406. The second kappa shape index (κ2) is 5.17. The quantitative estimate of drug-likeness (QED) is 0.828. The van der Waals surface area contributed by atoms with E-state index >= 15 is 0 Å². The topological polar surface area (TPSA) is 55.1 Å². The van der Waals surface area contributed by atoms with Gasteiger partial charge in [-0.1, -0.05) is 26.8 Å². The van der Waals surface area contributed by atoms with Gasteiger partial charge < -0.3 is 11.1 Å². The molecule has 0 aromatic heterocycles. The van der Waals surface area contributed by atoms with Gasteiger partial charge in [0.15, 0.2) is 0 Å². The molecule has 0 radical (unpaired) electrons. The van der Waals surface area contributed by atoms with Crippen molar-refractivity contribution in [2.75, 3.05) is 5.32 Å². The van der Waals surface area contributed by atoms with E-state index in [2.05, 4.69) is 5.32 Å². The molecule has 1 amide bonds. The van der Waals surface area contributed by atoms with Crippen molar-refractivity contribution >= 4 is 11.6 Å². The maximum absolute atomic E-state index is 13.1. The fraction of sp³-hybridized carbons (Fsp3) is 0.462. The van der Waals surface area contributed by atoms with Crippen molar-refractivity contribution in [3.05, 3.63) is 30.1 Å². The molecule has 1 rings (SSSR count). The first kappa shape index (κ1) is 13.5. The normalized spacial score (nSPS) is 14.4. The zero-order valence-corrected chi connectivity index (χ0v) is 10.5. The van der Waals surface area contributed by atoms with Gasteiger partial charge in [-0.05, 0) is 30.5 Å². The second-order valence-electron chi connectivity index (χ2n) is 4.48. The molecular weight excluding hydrogens is 219 g/mol. The monoisotopic (exact) mass is 238 g/mol. The van der Waals surface area contributed by atoms with E-state index < -0.39 is 11.4 Å². The highest BCUT2D eigenvalue weighted by Gasteiger charge is 2.38. The minimum absolute atomic E-state index is 0.0215. The Morgan fingerprint density at radius 1 is 1.53 bits per heavy atom. The molecule has 17 heavy (non-hydrogen) atoms. The third kappa shape index (κ3) is 2.75. The van der Waals surface area contributed by atoms with E-state index in [0.29, 0.717) is 12.1 Å². The molecule has 4 heteroatoms. The maximum atomic E-state index is 13.1. The third-order valence-corrected chi connectivity index (χ3v) is 3.17. The van der Waals surface area contributed by atoms with Crippen molar-refractivity contribution in [2.24, 2.45) is 11.7 Å². The lowest BCUT2D eigenvalue weighted by Gasteiger charge is -2.35. The van der Waals surface area contributed by atoms with E-state index in [1.807, 2.05) is 20.8 Å². The number of nitrogens with two attached hydrogens (primary N) is 1. The Balaban J connectivity index is 3.06. The van der Waals surface area contributed by atoms with Crippen LogP contribution in [0.5, 0.6) is 0 Å². The molecule has 94 valence electrons. The van der Waals surface area contributed by atoms with Gasteiger partial charge in [0.05, 0.1) is 0 Å². The molecule has 1 unspecified atom stereocenters. The molecule has 0 saturated carbocycles. The van der Waals surface area contributed by atoms with Gasteiger partial charge in [-0.2, -0.15) is 0 Å². The number of primary amides is 1. The summed E-state index contributed by atoms with van der Waals surface area (Å²) in [4.78, 5) is 11.6. The molecule has 0 spiro atoms. The van der Waals surface area contributed by atoms with Crippen LogP contribution in [-0.2, 0) is 4.79 Å². The van der Waals surface area contributed by atoms with Gasteiger partial charge in [0.25, 0.3) is 0 Å². The average Bonchev–Trinajstić information content (AvgIpc) is 2.25. The predicted octanol–water partition coefficient (Wildman–Crippen LogP) is 2.53. The highest BCUT2D eigenvalue weighted by molar-refractivity contribution is 5.88. The average molecular weight is 238 g/mol. The van der Waals surface area contributed by atoms with Crippen LogP contribution >= 0.6 is 0 Å². The van der Waals surface area contributed by atoms with Crippen LogP contribution in [0, 0.1) is 11.7 Å². The molecule has 0 heterocycles. The maximum Gasteiger partial charge on any atom is 0.243 e. The first-order valence-electron chi connectivity index (χ1n) is 5.76. The van der Waals surface area contributed by atoms with E-state index in [1.165, 1.54) is 12.1 Å². The summed E-state index contributed by atoms with van der Waals surface area (Å²) in [6.45, 7) is 5.72. The number of halogens is 1. The SMILES string of the molecule is CCC(Nc1cccc(F)c1)(C(N)=O)C(C)C. The minimum atomic E-state index is -0.839. The summed E-state index contributed by atoms with van der Waals surface area (Å²) in [6, 6.07) is 6.03. The number of hydrogen-bond acceptors (Lipinski definition) is 2. The molecule has 0 aliphatic rings. The predicted molar refractivity (Wildman–Crippen MR) is 67.1 cm³/mol. The van der Waals surface area contributed by atoms with Gasteiger partial charge in [0, 0.05) is 5.69 Å². The first-order valence-corrected chi connectivity index (χ1v) is 5.76. The largest absolute Gasteiger partial charge is 0.371 e. The van der Waals surface area contributed by atoms with Gasteiger partial charge in [-0.15, -0.1) is 0 Å². The molecule has 3 nitrogen and oxygen atoms in total. The summed E-state index contributed by atoms with van der Waals surface area (Å²) in [5.41, 5.74) is 5.20. The van der Waals surface area contributed by atoms with Crippen LogP contribution < -0.4 is 11.1 Å². The number of hydrogen-bond donors (Lipinski definition) is 2. The summed E-state index contributed by atoms with van der Waals surface area (Å²) in [5.74, 6) is -0.735. The Labute approximate surface area is 101 Å². The standard InChI is InChI=1S/C13H19FN2O/c1-4-13(9(2)3,12(15)17)16-11-7-5-6-10(14)8-11/h5-9,16H,4H2,1-3H3,(H2,15,17). The lowest BCUT2D eigenvalue weighted by atomic mass is 9.83. The summed E-state index contributed by atoms with van der Waals surface area (Å²) in [6.07, 6.45) is 0.552. The fourth-order valence-corrected chi connectivity index (χ4v) is 1.99. The van der Waals surface area contributed by atoms with E-state index in [0.717, 1.165) is 0 Å². The molecule has 0 bridgehead atoms. The molecule has 1 aromatic rings. The number of carbonyl (C=O) groups excluding carboxylic acids is 1. The van der Waals surface area contributed by atoms with Crippen LogP contribution in [0.25, 0.3) is 0 Å². The van der Waals surface area contributed by atoms with Crippen molar-refractivity contribution in [3.8, 4) is 0 Å². The van der Waals surface area contributed by atoms with Crippen LogP contribution in [0.2, 0.25) is 0 Å². The van der Waals surface area contributed by atoms with Crippen LogP contribution in [0.4, 0.5) is 10.1 Å². The minimum Gasteiger partial charge on any atom is -0.371 e. The van der Waals surface area contributed by atoms with Crippen molar-refractivity contribution in [3.63, 3.8) is 0 Å². The Kier molecular flexibility index (Phi) is 4.10. The molecular formula is C13H19FN2O. The second-order valence-corrected chi connectivity index (χ2v) is 4.48. The highest BCUT2D eigenvalue weighted by atomic mass is 19.1. The summed E-state index contributed by atoms with van der Waals surface area (Å²) in [5, 5.41) is 3.07. The van der Waals surface area contributed by atoms with Gasteiger partial charge >= 0.3 is 0 Å². The number of carbonyl (C=O) groups is 1. The van der Waals surface area contributed by atoms with Gasteiger partial charge in [-0.3, -0.25) is 4.79 Å². The summed E-state index contributed by atoms with van der Waals surface area (Å²) in [7, 11) is 0. The molecule has 0 aliphatic heterocycles. The third-order valence-electron chi connectivity index (χ3n) is 3.17. The molecule has 0 fully saturated rings. The van der Waals surface area contributed by atoms with Crippen molar-refractivity contribution in [2.45, 2.75) is 32.7 Å². The number of nitrogens with one attached hydrogen (secondary N) is 1. The molecule has 0 aliphatic carbocycles. The van der Waals surface area contributed by atoms with Gasteiger partial charge in [0.1, 0.15) is 11.4 Å². The summed E-state index contributed by atoms with van der Waals surface area (Å²) >= 11 is 0. The number of benzene rings is 1. The lowest BCUT2D eigenvalue weighted by molar-refractivity contribution is -0.123. The van der Waals surface area contributed by atoms with E-state index in [9.17, 15) is 9.18 Å². The van der Waals surface area contributed by atoms with Crippen molar-refractivity contribution in [1.82, 2.24) is 0 Å². The van der Waals surface area contributed by atoms with Crippen molar-refractivity contribution in [1.29, 1.82) is 0 Å². The zero-order chi connectivity index (χ0) is 13.1. The van der Waals surface area contributed by atoms with Crippen LogP contribution in [-0.4, -0.2) is 11.4 Å². The highest BCUT2D eigenvalue weighted by Crippen LogP contribution is 2.26. The smallest absolute Gasteiger partial charge is 0.243 e. The first-order chi connectivity index (χ1) is 7.92. The van der Waals surface area contributed by atoms with Crippen molar-refractivity contribution < 1.29 is 9.18 Å². The molecule has 1 aromatic carbocycles. The van der Waals surface area contributed by atoms with Crippen LogP contribution in [0.3, 0.4) is 0 Å². The number of rotatable bonds is 5. The van der Waals surface area contributed by atoms with E-state index in [-0.39, 0.29) is 11.7 Å². The molecule has 3 N–H and O–H groups in total. The van der Waals surface area contributed by atoms with E-state index in [1.54, 1.807) is 12.1 Å². The number of anilines is 1. The fourth-order valence-electron chi connectivity index (χ4n) is 1.99. The lowest BCUT2D eigenvalue weighted by Crippen LogP contribution is -2.54. The Morgan fingerprint density at radius 2 is 2.18 bits per heavy atom. The van der Waals surface area contributed by atoms with Gasteiger partial charge in [0.2, 0.25) is 5.91 Å². The Morgan fingerprint density at radius 3 is 2.59 bits per heavy atom. The molecule has 0 saturated heterocycles. The van der Waals surface area contributed by atoms with Crippen LogP contribution in [0.15, 0.2) is 24.3 Å². The zero-order valence-electron chi connectivity index (χ0n) is 10.5. The van der Waals surface area contributed by atoms with Gasteiger partial charge in [-0.25, -0.2) is 4.39 Å². The summed E-state index contributed by atoms with van der Waals surface area (Å²) < 4.78 is 13.1. The van der Waals surface area contributed by atoms with E-state index in [4.69, 9.17) is 5.73 Å². The molecule has 1 atom stereocenters.